The Morgan fingerprint density at radius 1 is 0.345 bits per heavy atom. The number of pyridine rings is 3. The van der Waals surface area contributed by atoms with E-state index >= 15 is 0 Å². The van der Waals surface area contributed by atoms with E-state index in [4.69, 9.17) is 15.0 Å². The second-order valence-electron chi connectivity index (χ2n) is 18.4. The van der Waals surface area contributed by atoms with E-state index in [-0.39, 0.29) is 16.2 Å². The molecule has 1 aliphatic rings. The summed E-state index contributed by atoms with van der Waals surface area (Å²) in [5, 5.41) is 2.39. The molecule has 8 bridgehead atoms. The number of nitrogens with zero attached hydrogens (tertiary/aromatic N) is 3. The van der Waals surface area contributed by atoms with E-state index in [1.54, 1.807) is 0 Å². The van der Waals surface area contributed by atoms with Gasteiger partial charge in [-0.3, -0.25) is 0 Å². The van der Waals surface area contributed by atoms with Crippen molar-refractivity contribution in [1.82, 2.24) is 19.9 Å². The first-order valence-corrected chi connectivity index (χ1v) is 19.4. The van der Waals surface area contributed by atoms with Gasteiger partial charge in [0.2, 0.25) is 0 Å². The lowest BCUT2D eigenvalue weighted by molar-refractivity contribution is 0.590. The number of hydrogen-bond acceptors (Lipinski definition) is 3. The van der Waals surface area contributed by atoms with Gasteiger partial charge in [-0.15, -0.1) is 0 Å². The van der Waals surface area contributed by atoms with Crippen LogP contribution in [0.1, 0.15) is 79.0 Å². The summed E-state index contributed by atoms with van der Waals surface area (Å²) in [5.41, 5.74) is 17.3. The van der Waals surface area contributed by atoms with E-state index in [9.17, 15) is 0 Å². The predicted molar refractivity (Wildman–Crippen MR) is 231 cm³/mol. The summed E-state index contributed by atoms with van der Waals surface area (Å²) >= 11 is 0. The van der Waals surface area contributed by atoms with Crippen LogP contribution in [-0.2, 0) is 16.2 Å². The van der Waals surface area contributed by atoms with Crippen LogP contribution in [0, 0.1) is 0 Å². The molecule has 0 spiro atoms. The number of rotatable bonds is 2. The minimum Gasteiger partial charge on any atom is -0.353 e. The van der Waals surface area contributed by atoms with Gasteiger partial charge in [0.05, 0.1) is 45.2 Å². The summed E-state index contributed by atoms with van der Waals surface area (Å²) in [6.45, 7) is 20.6. The minimum atomic E-state index is -0.142. The van der Waals surface area contributed by atoms with Crippen LogP contribution < -0.4 is 0 Å². The zero-order chi connectivity index (χ0) is 38.4. The lowest BCUT2D eigenvalue weighted by Crippen LogP contribution is -2.12. The summed E-state index contributed by atoms with van der Waals surface area (Å²) in [6.07, 6.45) is 0. The van der Waals surface area contributed by atoms with Crippen molar-refractivity contribution in [3.8, 4) is 67.5 Å². The average molecular weight is 717 g/mol. The highest BCUT2D eigenvalue weighted by Gasteiger charge is 2.26. The molecule has 0 unspecified atom stereocenters. The molecule has 1 N–H and O–H groups in total. The maximum Gasteiger partial charge on any atom is 0.0900 e. The van der Waals surface area contributed by atoms with Crippen LogP contribution in [0.2, 0.25) is 0 Å². The lowest BCUT2D eigenvalue weighted by Gasteiger charge is -2.22. The summed E-state index contributed by atoms with van der Waals surface area (Å²) < 4.78 is 0. The summed E-state index contributed by atoms with van der Waals surface area (Å²) in [7, 11) is 0. The number of aromatic amines is 1. The molecule has 0 amide bonds. The number of fused-ring (bicyclic) bond motifs is 11. The summed E-state index contributed by atoms with van der Waals surface area (Å²) in [5.74, 6) is 0. The Morgan fingerprint density at radius 3 is 1.05 bits per heavy atom. The zero-order valence-corrected chi connectivity index (χ0v) is 33.4. The molecule has 0 saturated heterocycles. The molecule has 9 rings (SSSR count). The Hall–Kier alpha value is -5.87. The van der Waals surface area contributed by atoms with Gasteiger partial charge in [-0.1, -0.05) is 123 Å². The van der Waals surface area contributed by atoms with Crippen molar-refractivity contribution in [3.05, 3.63) is 138 Å². The predicted octanol–water partition coefficient (Wildman–Crippen LogP) is 13.7. The van der Waals surface area contributed by atoms with Crippen molar-refractivity contribution in [2.45, 2.75) is 78.6 Å². The standard InChI is InChI=1S/C51H48N4/c1-49(2,3)34-24-37-38-25-35(50(4,5)6)27-40-42-21-33(31-18-14-11-15-19-31)23-44(53-42)46-29-36(51(7,8)9)28-45(54-46)43-22-32(30-16-12-10-13-17-30)20-41(52-43)39(26-34)47(37)55-48(38)40/h10-29,55H,1-9H3. The lowest BCUT2D eigenvalue weighted by atomic mass is 9.83. The number of H-pyrrole nitrogens is 1. The molecule has 272 valence electrons. The van der Waals surface area contributed by atoms with Crippen LogP contribution in [0.3, 0.4) is 0 Å². The molecule has 0 radical (unpaired) electrons. The molecule has 55 heavy (non-hydrogen) atoms. The highest BCUT2D eigenvalue weighted by atomic mass is 14.8. The fourth-order valence-electron chi connectivity index (χ4n) is 7.79. The van der Waals surface area contributed by atoms with Crippen molar-refractivity contribution < 1.29 is 0 Å². The van der Waals surface area contributed by atoms with Crippen LogP contribution in [-0.4, -0.2) is 19.9 Å². The van der Waals surface area contributed by atoms with Gasteiger partial charge < -0.3 is 4.98 Å². The maximum absolute atomic E-state index is 5.53. The van der Waals surface area contributed by atoms with Gasteiger partial charge in [0.1, 0.15) is 0 Å². The first-order chi connectivity index (χ1) is 26.1. The Morgan fingerprint density at radius 2 is 0.673 bits per heavy atom. The molecule has 8 aromatic rings. The Bertz CT molecular complexity index is 2610. The molecular weight excluding hydrogens is 669 g/mol. The molecule has 1 aliphatic heterocycles. The summed E-state index contributed by atoms with van der Waals surface area (Å²) in [4.78, 5) is 20.5. The van der Waals surface area contributed by atoms with Crippen LogP contribution in [0.4, 0.5) is 0 Å². The Balaban J connectivity index is 1.51. The number of benzene rings is 4. The van der Waals surface area contributed by atoms with E-state index in [1.807, 2.05) is 0 Å². The second-order valence-corrected chi connectivity index (χ2v) is 18.4. The van der Waals surface area contributed by atoms with Crippen molar-refractivity contribution in [3.63, 3.8) is 0 Å². The van der Waals surface area contributed by atoms with Gasteiger partial charge in [-0.2, -0.15) is 0 Å². The molecule has 4 aromatic carbocycles. The average Bonchev–Trinajstić information content (AvgIpc) is 3.55. The topological polar surface area (TPSA) is 54.5 Å². The third-order valence-electron chi connectivity index (χ3n) is 11.2. The molecule has 0 fully saturated rings. The molecule has 0 atom stereocenters. The highest BCUT2D eigenvalue weighted by Crippen LogP contribution is 2.44. The van der Waals surface area contributed by atoms with Crippen molar-refractivity contribution >= 4 is 21.8 Å². The van der Waals surface area contributed by atoms with E-state index in [2.05, 4.69) is 189 Å². The SMILES string of the molecule is CC(C)(C)c1cc2nc(c1)-c1cc(-c3ccccc3)cc(n1)-c1cc(C(C)(C)C)cc3c1[nH]c1c(cc(C(C)(C)C)cc13)-c1cc(-c3ccccc3)cc-2n1. The Labute approximate surface area is 324 Å². The van der Waals surface area contributed by atoms with Crippen molar-refractivity contribution in [2.75, 3.05) is 0 Å². The van der Waals surface area contributed by atoms with Gasteiger partial charge in [-0.25, -0.2) is 15.0 Å². The smallest absolute Gasteiger partial charge is 0.0900 e. The second kappa shape index (κ2) is 12.3. The first kappa shape index (κ1) is 34.9. The van der Waals surface area contributed by atoms with E-state index < -0.39 is 0 Å². The van der Waals surface area contributed by atoms with Crippen molar-refractivity contribution in [2.24, 2.45) is 0 Å². The van der Waals surface area contributed by atoms with Crippen LogP contribution in [0.5, 0.6) is 0 Å². The molecule has 0 aliphatic carbocycles. The van der Waals surface area contributed by atoms with E-state index in [0.717, 1.165) is 78.6 Å². The van der Waals surface area contributed by atoms with Crippen LogP contribution >= 0.6 is 0 Å². The molecule has 4 heteroatoms. The quantitative estimate of drug-likeness (QED) is 0.194. The molecule has 0 saturated carbocycles. The molecule has 5 heterocycles. The summed E-state index contributed by atoms with van der Waals surface area (Å²) in [6, 6.07) is 44.1. The fraction of sp³-hybridized carbons (Fsp3) is 0.235. The van der Waals surface area contributed by atoms with Gasteiger partial charge >= 0.3 is 0 Å². The maximum atomic E-state index is 5.53. The van der Waals surface area contributed by atoms with Gasteiger partial charge in [0, 0.05) is 21.9 Å². The third kappa shape index (κ3) is 6.24. The number of aromatic nitrogens is 4. The Kier molecular flexibility index (Phi) is 7.81. The third-order valence-corrected chi connectivity index (χ3v) is 11.2. The molecule has 4 aromatic heterocycles. The van der Waals surface area contributed by atoms with E-state index in [0.29, 0.717) is 0 Å². The highest BCUT2D eigenvalue weighted by molar-refractivity contribution is 6.16. The minimum absolute atomic E-state index is 0.0994. The van der Waals surface area contributed by atoms with Gasteiger partial charge in [0.25, 0.3) is 0 Å². The van der Waals surface area contributed by atoms with E-state index in [1.165, 1.54) is 27.5 Å². The zero-order valence-electron chi connectivity index (χ0n) is 33.4. The van der Waals surface area contributed by atoms with Gasteiger partial charge in [0.15, 0.2) is 0 Å². The first-order valence-electron chi connectivity index (χ1n) is 19.4. The monoisotopic (exact) mass is 716 g/mol. The molecular formula is C51H48N4. The van der Waals surface area contributed by atoms with Crippen molar-refractivity contribution in [1.29, 1.82) is 0 Å². The number of nitrogens with one attached hydrogen (secondary N) is 1. The van der Waals surface area contributed by atoms with Crippen LogP contribution in [0.25, 0.3) is 89.4 Å². The largest absolute Gasteiger partial charge is 0.353 e. The van der Waals surface area contributed by atoms with Crippen LogP contribution in [0.15, 0.2) is 121 Å². The molecule has 4 nitrogen and oxygen atoms in total. The normalized spacial score (nSPS) is 12.8. The van der Waals surface area contributed by atoms with Gasteiger partial charge in [-0.05, 0) is 116 Å². The fourth-order valence-corrected chi connectivity index (χ4v) is 7.79. The number of hydrogen-bond donors (Lipinski definition) is 1.